The van der Waals surface area contributed by atoms with Gasteiger partial charge in [-0.1, -0.05) is 6.07 Å². The van der Waals surface area contributed by atoms with Crippen molar-refractivity contribution in [2.75, 3.05) is 17.2 Å². The lowest BCUT2D eigenvalue weighted by molar-refractivity contribution is -0.117. The van der Waals surface area contributed by atoms with Crippen molar-refractivity contribution in [1.82, 2.24) is 4.98 Å². The number of nitrogens with zero attached hydrogens (tertiary/aromatic N) is 2. The molecule has 150 valence electrons. The summed E-state index contributed by atoms with van der Waals surface area (Å²) in [5.41, 5.74) is 10.1. The molecule has 4 nitrogen and oxygen atoms in total. The average molecular weight is 421 g/mol. The average Bonchev–Trinajstić information content (AvgIpc) is 3.35. The van der Waals surface area contributed by atoms with Crippen molar-refractivity contribution in [2.24, 2.45) is 0 Å². The van der Waals surface area contributed by atoms with Crippen LogP contribution in [0.4, 0.5) is 20.3 Å². The first-order valence-electron chi connectivity index (χ1n) is 9.50. The number of rotatable bonds is 3. The van der Waals surface area contributed by atoms with Crippen LogP contribution in [0.3, 0.4) is 0 Å². The topological polar surface area (TPSA) is 59.2 Å². The number of hydrogen-bond acceptors (Lipinski definition) is 4. The molecule has 0 radical (unpaired) electrons. The molecule has 3 heterocycles. The van der Waals surface area contributed by atoms with E-state index in [-0.39, 0.29) is 17.9 Å². The van der Waals surface area contributed by atoms with Crippen LogP contribution in [-0.2, 0) is 17.6 Å². The minimum Gasteiger partial charge on any atom is -0.383 e. The molecule has 0 aliphatic carbocycles. The summed E-state index contributed by atoms with van der Waals surface area (Å²) in [7, 11) is 0. The lowest BCUT2D eigenvalue weighted by atomic mass is 10.0. The fraction of sp³-hybridized carbons (Fsp3) is 0.130. The molecule has 2 aromatic carbocycles. The van der Waals surface area contributed by atoms with Crippen LogP contribution in [0.15, 0.2) is 54.0 Å². The molecule has 4 aromatic rings. The third-order valence-corrected chi connectivity index (χ3v) is 6.40. The molecule has 0 bridgehead atoms. The Morgan fingerprint density at radius 2 is 2.03 bits per heavy atom. The van der Waals surface area contributed by atoms with Gasteiger partial charge in [-0.25, -0.2) is 13.8 Å². The standard InChI is InChI=1S/C23H17F2N3OS/c24-16-2-3-18(25)15(10-16)11-21(29)28-8-6-14-9-13(1-4-19(14)28)17-12-30-20-5-7-27-23(26)22(17)20/h1-5,7,9-10,12H,6,8,11H2,(H2,26,27). The molecule has 1 aliphatic heterocycles. The molecule has 0 atom stereocenters. The normalized spacial score (nSPS) is 13.1. The molecule has 0 spiro atoms. The van der Waals surface area contributed by atoms with Gasteiger partial charge < -0.3 is 10.6 Å². The van der Waals surface area contributed by atoms with Crippen molar-refractivity contribution in [1.29, 1.82) is 0 Å². The quantitative estimate of drug-likeness (QED) is 0.509. The summed E-state index contributed by atoms with van der Waals surface area (Å²) in [5, 5.41) is 3.00. The lowest BCUT2D eigenvalue weighted by Crippen LogP contribution is -2.30. The van der Waals surface area contributed by atoms with E-state index in [1.807, 2.05) is 18.2 Å². The van der Waals surface area contributed by atoms with E-state index in [0.717, 1.165) is 50.7 Å². The van der Waals surface area contributed by atoms with Crippen molar-refractivity contribution in [3.05, 3.63) is 76.8 Å². The van der Waals surface area contributed by atoms with Crippen molar-refractivity contribution < 1.29 is 13.6 Å². The lowest BCUT2D eigenvalue weighted by Gasteiger charge is -2.18. The van der Waals surface area contributed by atoms with Gasteiger partial charge in [-0.2, -0.15) is 0 Å². The predicted octanol–water partition coefficient (Wildman–Crippen LogP) is 4.96. The highest BCUT2D eigenvalue weighted by Gasteiger charge is 2.26. The fourth-order valence-corrected chi connectivity index (χ4v) is 4.96. The van der Waals surface area contributed by atoms with Crippen LogP contribution in [0, 0.1) is 11.6 Å². The first-order valence-corrected chi connectivity index (χ1v) is 10.4. The van der Waals surface area contributed by atoms with E-state index < -0.39 is 11.6 Å². The number of hydrogen-bond donors (Lipinski definition) is 1. The maximum absolute atomic E-state index is 13.9. The van der Waals surface area contributed by atoms with Gasteiger partial charge in [0.1, 0.15) is 17.5 Å². The summed E-state index contributed by atoms with van der Waals surface area (Å²) in [5.74, 6) is -0.879. The van der Waals surface area contributed by atoms with E-state index in [2.05, 4.69) is 16.4 Å². The zero-order valence-corrected chi connectivity index (χ0v) is 16.7. The van der Waals surface area contributed by atoms with Gasteiger partial charge in [-0.3, -0.25) is 4.79 Å². The summed E-state index contributed by atoms with van der Waals surface area (Å²) in [4.78, 5) is 18.6. The van der Waals surface area contributed by atoms with Crippen molar-refractivity contribution in [2.45, 2.75) is 12.8 Å². The Kier molecular flexibility index (Phi) is 4.47. The first-order chi connectivity index (χ1) is 14.5. The molecule has 2 aromatic heterocycles. The second-order valence-corrected chi connectivity index (χ2v) is 8.18. The number of carbonyl (C=O) groups is 1. The molecule has 1 amide bonds. The molecular weight excluding hydrogens is 404 g/mol. The van der Waals surface area contributed by atoms with Crippen LogP contribution in [0.1, 0.15) is 11.1 Å². The number of carbonyl (C=O) groups excluding carboxylic acids is 1. The van der Waals surface area contributed by atoms with Crippen molar-refractivity contribution >= 4 is 38.8 Å². The van der Waals surface area contributed by atoms with Crippen LogP contribution in [-0.4, -0.2) is 17.4 Å². The molecule has 0 unspecified atom stereocenters. The fourth-order valence-electron chi connectivity index (χ4n) is 3.99. The minimum absolute atomic E-state index is 0.0674. The number of benzene rings is 2. The number of pyridine rings is 1. The Hall–Kier alpha value is -3.32. The van der Waals surface area contributed by atoms with Gasteiger partial charge in [0.15, 0.2) is 0 Å². The van der Waals surface area contributed by atoms with Gasteiger partial charge in [0, 0.05) is 39.6 Å². The molecule has 1 aliphatic rings. The van der Waals surface area contributed by atoms with Gasteiger partial charge >= 0.3 is 0 Å². The first kappa shape index (κ1) is 18.7. The monoisotopic (exact) mass is 421 g/mol. The van der Waals surface area contributed by atoms with Gasteiger partial charge in [0.05, 0.1) is 6.42 Å². The molecule has 5 rings (SSSR count). The molecular formula is C23H17F2N3OS. The highest BCUT2D eigenvalue weighted by molar-refractivity contribution is 7.17. The number of nitrogens with two attached hydrogens (primary N) is 1. The van der Waals surface area contributed by atoms with E-state index in [0.29, 0.717) is 18.8 Å². The summed E-state index contributed by atoms with van der Waals surface area (Å²) in [6.45, 7) is 0.517. The van der Waals surface area contributed by atoms with Crippen LogP contribution in [0.25, 0.3) is 21.2 Å². The Balaban J connectivity index is 1.45. The van der Waals surface area contributed by atoms with Gasteiger partial charge in [-0.15, -0.1) is 11.3 Å². The third-order valence-electron chi connectivity index (χ3n) is 5.45. The summed E-state index contributed by atoms with van der Waals surface area (Å²) >= 11 is 1.61. The molecule has 7 heteroatoms. The molecule has 30 heavy (non-hydrogen) atoms. The van der Waals surface area contributed by atoms with E-state index in [9.17, 15) is 13.6 Å². The second-order valence-electron chi connectivity index (χ2n) is 7.27. The van der Waals surface area contributed by atoms with Crippen LogP contribution >= 0.6 is 11.3 Å². The van der Waals surface area contributed by atoms with Crippen molar-refractivity contribution in [3.8, 4) is 11.1 Å². The maximum Gasteiger partial charge on any atom is 0.231 e. The van der Waals surface area contributed by atoms with Crippen LogP contribution < -0.4 is 10.6 Å². The molecule has 0 saturated carbocycles. The highest BCUT2D eigenvalue weighted by Crippen LogP contribution is 2.39. The number of amides is 1. The van der Waals surface area contributed by atoms with Gasteiger partial charge in [0.2, 0.25) is 5.91 Å². The third kappa shape index (κ3) is 3.11. The summed E-state index contributed by atoms with van der Waals surface area (Å²) in [6.07, 6.45) is 2.23. The Labute approximate surface area is 175 Å². The highest BCUT2D eigenvalue weighted by atomic mass is 32.1. The van der Waals surface area contributed by atoms with E-state index in [4.69, 9.17) is 5.73 Å². The van der Waals surface area contributed by atoms with Gasteiger partial charge in [0.25, 0.3) is 0 Å². The van der Waals surface area contributed by atoms with Crippen LogP contribution in [0.2, 0.25) is 0 Å². The number of thiophene rings is 1. The number of nitrogen functional groups attached to an aromatic ring is 1. The maximum atomic E-state index is 13.9. The van der Waals surface area contributed by atoms with E-state index >= 15 is 0 Å². The minimum atomic E-state index is -0.574. The van der Waals surface area contributed by atoms with Crippen molar-refractivity contribution in [3.63, 3.8) is 0 Å². The summed E-state index contributed by atoms with van der Waals surface area (Å²) in [6, 6.07) is 11.1. The Bertz CT molecular complexity index is 1300. The second kappa shape index (κ2) is 7.18. The zero-order chi connectivity index (χ0) is 20.8. The zero-order valence-electron chi connectivity index (χ0n) is 15.9. The van der Waals surface area contributed by atoms with Gasteiger partial charge in [-0.05, 0) is 59.3 Å². The summed E-state index contributed by atoms with van der Waals surface area (Å²) < 4.78 is 28.4. The Morgan fingerprint density at radius 3 is 2.90 bits per heavy atom. The number of fused-ring (bicyclic) bond motifs is 2. The van der Waals surface area contributed by atoms with E-state index in [1.165, 1.54) is 0 Å². The molecule has 2 N–H and O–H groups in total. The number of anilines is 2. The predicted molar refractivity (Wildman–Crippen MR) is 116 cm³/mol. The smallest absolute Gasteiger partial charge is 0.231 e. The molecule has 0 saturated heterocycles. The number of aromatic nitrogens is 1. The molecule has 0 fully saturated rings. The number of halogens is 2. The van der Waals surface area contributed by atoms with Crippen LogP contribution in [0.5, 0.6) is 0 Å². The Morgan fingerprint density at radius 1 is 1.17 bits per heavy atom. The SMILES string of the molecule is Nc1nccc2scc(-c3ccc4c(c3)CCN4C(=O)Cc3cc(F)ccc3F)c12. The van der Waals surface area contributed by atoms with E-state index in [1.54, 1.807) is 22.4 Å². The largest absolute Gasteiger partial charge is 0.383 e.